The molecule has 0 bridgehead atoms. The predicted molar refractivity (Wildman–Crippen MR) is 285 cm³/mol. The predicted octanol–water partition coefficient (Wildman–Crippen LogP) is 10.8. The summed E-state index contributed by atoms with van der Waals surface area (Å²) >= 11 is 0. The Balaban J connectivity index is 1.17. The van der Waals surface area contributed by atoms with E-state index >= 15 is 0 Å². The van der Waals surface area contributed by atoms with Crippen LogP contribution in [0.2, 0.25) is 0 Å². The Morgan fingerprint density at radius 1 is 0.615 bits per heavy atom. The second-order valence-electron chi connectivity index (χ2n) is 23.0. The van der Waals surface area contributed by atoms with E-state index in [2.05, 4.69) is 26.6 Å². The van der Waals surface area contributed by atoms with Crippen LogP contribution in [0.1, 0.15) is 143 Å². The van der Waals surface area contributed by atoms with Gasteiger partial charge in [-0.05, 0) is 160 Å². The van der Waals surface area contributed by atoms with E-state index in [1.807, 2.05) is 48.5 Å². The van der Waals surface area contributed by atoms with Gasteiger partial charge in [-0.3, -0.25) is 14.4 Å². The third-order valence-electron chi connectivity index (χ3n) is 12.8. The summed E-state index contributed by atoms with van der Waals surface area (Å²) in [5.74, 6) is -4.39. The monoisotopic (exact) mass is 1120 g/mol. The summed E-state index contributed by atoms with van der Waals surface area (Å²) in [4.78, 5) is 90.8. The summed E-state index contributed by atoms with van der Waals surface area (Å²) < 4.78 is 91.4. The molecule has 1 saturated carbocycles. The maximum atomic E-state index is 13.9. The van der Waals surface area contributed by atoms with Gasteiger partial charge in [-0.25, -0.2) is 19.2 Å². The lowest BCUT2D eigenvalue weighted by Gasteiger charge is -2.40. The van der Waals surface area contributed by atoms with Crippen molar-refractivity contribution in [3.05, 3.63) is 89.5 Å². The Kier molecular flexibility index (Phi) is 19.8. The van der Waals surface area contributed by atoms with Crippen molar-refractivity contribution in [1.82, 2.24) is 26.6 Å². The third-order valence-corrected chi connectivity index (χ3v) is 13.9. The number of halogens is 5. The summed E-state index contributed by atoms with van der Waals surface area (Å²) in [6.07, 6.45) is 0.445. The average Bonchev–Trinajstić information content (AvgIpc) is 3.66. The number of esters is 3. The molecular weight excluding hydrogens is 1050 g/mol. The number of amides is 5. The lowest BCUT2D eigenvalue weighted by Crippen LogP contribution is -2.53. The fraction of sp³-hybridized carbons (Fsp3) is 0.554. The van der Waals surface area contributed by atoms with Crippen molar-refractivity contribution in [3.63, 3.8) is 0 Å². The molecule has 0 saturated heterocycles. The van der Waals surface area contributed by atoms with Crippen LogP contribution >= 0.6 is 10.2 Å². The quantitative estimate of drug-likeness (QED) is 0.0276. The van der Waals surface area contributed by atoms with Crippen molar-refractivity contribution in [2.45, 2.75) is 172 Å². The molecule has 0 aliphatic heterocycles. The maximum Gasteiger partial charge on any atom is 0.407 e. The zero-order valence-corrected chi connectivity index (χ0v) is 46.7. The number of ether oxygens (including phenoxy) is 4. The Bertz CT molecular complexity index is 2600. The van der Waals surface area contributed by atoms with Gasteiger partial charge >= 0.3 is 40.3 Å². The normalized spacial score (nSPS) is 17.7. The van der Waals surface area contributed by atoms with Crippen LogP contribution in [0.3, 0.4) is 0 Å². The summed E-state index contributed by atoms with van der Waals surface area (Å²) in [5.41, 5.74) is 1.32. The fourth-order valence-corrected chi connectivity index (χ4v) is 9.93. The van der Waals surface area contributed by atoms with E-state index in [9.17, 15) is 53.0 Å². The summed E-state index contributed by atoms with van der Waals surface area (Å²) in [5, 5.41) is 13.1. The Labute approximate surface area is 453 Å². The van der Waals surface area contributed by atoms with Gasteiger partial charge in [0.25, 0.3) is 0 Å². The first kappa shape index (κ1) is 62.4. The van der Waals surface area contributed by atoms with Crippen LogP contribution in [-0.4, -0.2) is 96.5 Å². The Morgan fingerprint density at radius 2 is 1.15 bits per heavy atom. The molecule has 16 nitrogen and oxygen atoms in total. The first-order valence-corrected chi connectivity index (χ1v) is 28.2. The standard InChI is InChI=1S/C56H76F5N5O11S/c1-54(2,3)75-47(67)29-28-45(51(71)77-56(7,8)9)66-52(72)65-44(50(70)76-55(4,5)6)23-14-15-30-62-49(69)46(32-36-17-16-18-38(31-36)78(57,58,59,60)61)64-48(68)37-26-24-35(25-27-37)33-63-53(73)74-34-43-41-21-12-10-19-39(41)40-20-11-13-22-42(40)43/h10-13,16-22,31,35,37,43-46H,14-15,23-30,32-34H2,1-9H3,(H,62,69)(H,63,73)(H,64,68)(H2,65,66,72)/t35?,37?,44-,45-,46-/m0/s1. The zero-order chi connectivity index (χ0) is 57.9. The van der Waals surface area contributed by atoms with Crippen molar-refractivity contribution in [3.8, 4) is 11.1 Å². The number of rotatable bonds is 22. The van der Waals surface area contributed by atoms with Crippen molar-refractivity contribution < 1.29 is 71.9 Å². The number of nitrogens with one attached hydrogen (secondary N) is 5. The highest BCUT2D eigenvalue weighted by Gasteiger charge is 2.65. The van der Waals surface area contributed by atoms with E-state index < -0.39 is 104 Å². The highest BCUT2D eigenvalue weighted by atomic mass is 32.5. The summed E-state index contributed by atoms with van der Waals surface area (Å²) in [6.45, 7) is 15.1. The minimum atomic E-state index is -10.1. The van der Waals surface area contributed by atoms with E-state index in [4.69, 9.17) is 18.9 Å². The van der Waals surface area contributed by atoms with Crippen LogP contribution in [0.15, 0.2) is 77.7 Å². The number of hydrogen-bond acceptors (Lipinski definition) is 11. The van der Waals surface area contributed by atoms with Gasteiger partial charge in [-0.2, -0.15) is 0 Å². The fourth-order valence-electron chi connectivity index (χ4n) is 9.22. The van der Waals surface area contributed by atoms with Gasteiger partial charge in [0.15, 0.2) is 0 Å². The molecule has 432 valence electrons. The number of alkyl carbamates (subject to hydrolysis) is 1. The van der Waals surface area contributed by atoms with Gasteiger partial charge < -0.3 is 45.5 Å². The molecule has 5 N–H and O–H groups in total. The number of carbonyl (C=O) groups excluding carboxylic acids is 7. The van der Waals surface area contributed by atoms with Crippen molar-refractivity contribution in [2.75, 3.05) is 19.7 Å². The van der Waals surface area contributed by atoms with Gasteiger partial charge in [-0.1, -0.05) is 80.1 Å². The minimum Gasteiger partial charge on any atom is -0.460 e. The number of urea groups is 1. The van der Waals surface area contributed by atoms with Crippen LogP contribution in [0.25, 0.3) is 11.1 Å². The van der Waals surface area contributed by atoms with Crippen molar-refractivity contribution in [1.29, 1.82) is 0 Å². The smallest absolute Gasteiger partial charge is 0.407 e. The molecule has 0 spiro atoms. The van der Waals surface area contributed by atoms with Gasteiger partial charge in [-0.15, -0.1) is 0 Å². The van der Waals surface area contributed by atoms with Crippen molar-refractivity contribution >= 4 is 52.1 Å². The van der Waals surface area contributed by atoms with Gasteiger partial charge in [0.1, 0.15) is 46.4 Å². The number of benzene rings is 3. The van der Waals surface area contributed by atoms with Crippen LogP contribution in [-0.2, 0) is 49.3 Å². The van der Waals surface area contributed by atoms with Gasteiger partial charge in [0.05, 0.1) is 0 Å². The van der Waals surface area contributed by atoms with E-state index in [-0.39, 0.29) is 81.3 Å². The van der Waals surface area contributed by atoms with E-state index in [0.29, 0.717) is 25.7 Å². The molecule has 2 aliphatic rings. The van der Waals surface area contributed by atoms with Gasteiger partial charge in [0.2, 0.25) is 11.8 Å². The first-order valence-electron chi connectivity index (χ1n) is 26.3. The van der Waals surface area contributed by atoms with E-state index in [1.54, 1.807) is 62.3 Å². The minimum absolute atomic E-state index is 0.00668. The first-order chi connectivity index (χ1) is 36.0. The van der Waals surface area contributed by atoms with Crippen LogP contribution < -0.4 is 26.6 Å². The molecule has 5 amide bonds. The molecule has 5 rings (SSSR count). The molecule has 78 heavy (non-hydrogen) atoms. The lowest BCUT2D eigenvalue weighted by molar-refractivity contribution is -0.159. The van der Waals surface area contributed by atoms with Crippen LogP contribution in [0.5, 0.6) is 0 Å². The second-order valence-corrected chi connectivity index (χ2v) is 25.4. The molecule has 0 heterocycles. The Morgan fingerprint density at radius 3 is 1.69 bits per heavy atom. The molecule has 2 aliphatic carbocycles. The number of fused-ring (bicyclic) bond motifs is 3. The highest BCUT2D eigenvalue weighted by molar-refractivity contribution is 8.45. The van der Waals surface area contributed by atoms with E-state index in [1.165, 1.54) is 0 Å². The molecular formula is C56H76F5N5O11S. The topological polar surface area (TPSA) is 217 Å². The van der Waals surface area contributed by atoms with Crippen LogP contribution in [0.4, 0.5) is 29.0 Å². The molecule has 1 fully saturated rings. The maximum absolute atomic E-state index is 13.9. The van der Waals surface area contributed by atoms with E-state index in [0.717, 1.165) is 34.4 Å². The average molecular weight is 1120 g/mol. The number of carbonyl (C=O) groups is 7. The summed E-state index contributed by atoms with van der Waals surface area (Å²) in [7, 11) is -10.1. The molecule has 0 aromatic heterocycles. The molecule has 22 heteroatoms. The molecule has 3 atom stereocenters. The van der Waals surface area contributed by atoms with Gasteiger partial charge in [0, 0.05) is 37.8 Å². The largest absolute Gasteiger partial charge is 0.460 e. The highest BCUT2D eigenvalue weighted by Crippen LogP contribution is 3.02. The zero-order valence-electron chi connectivity index (χ0n) is 45.9. The molecule has 0 radical (unpaired) electrons. The SMILES string of the molecule is CC(C)(C)OC(=O)CC[C@H](NC(=O)N[C@@H](CCCCNC(=O)[C@H](Cc1cccc(S(F)(F)(F)(F)F)c1)NC(=O)C1CCC(CNC(=O)OCC2c3ccccc3-c3ccccc32)CC1)C(=O)OC(C)(C)C)C(=O)OC(C)(C)C. The lowest BCUT2D eigenvalue weighted by atomic mass is 9.81. The molecule has 0 unspecified atom stereocenters. The second kappa shape index (κ2) is 24.7. The number of unbranched alkanes of at least 4 members (excludes halogenated alkanes) is 1. The summed E-state index contributed by atoms with van der Waals surface area (Å²) in [6, 6.07) is 13.3. The van der Waals surface area contributed by atoms with Crippen LogP contribution in [0, 0.1) is 11.8 Å². The third kappa shape index (κ3) is 20.1. The Hall–Kier alpha value is -6.45. The van der Waals surface area contributed by atoms with Crippen molar-refractivity contribution in [2.24, 2.45) is 11.8 Å². The number of hydrogen-bond donors (Lipinski definition) is 5. The molecule has 3 aromatic rings. The molecule has 3 aromatic carbocycles.